The molecule has 11 heteroatoms. The predicted octanol–water partition coefficient (Wildman–Crippen LogP) is 1.53. The van der Waals surface area contributed by atoms with Crippen LogP contribution in [-0.4, -0.2) is 29.2 Å². The molecule has 0 bridgehead atoms. The van der Waals surface area contributed by atoms with Crippen molar-refractivity contribution in [3.8, 4) is 0 Å². The van der Waals surface area contributed by atoms with Gasteiger partial charge in [0.15, 0.2) is 16.0 Å². The molecule has 1 aromatic carbocycles. The normalized spacial score (nSPS) is 12.2. The average Bonchev–Trinajstić information content (AvgIpc) is 3.26. The van der Waals surface area contributed by atoms with Gasteiger partial charge in [-0.25, -0.2) is 9.78 Å². The number of benzene rings is 1. The van der Waals surface area contributed by atoms with Gasteiger partial charge in [-0.3, -0.25) is 18.7 Å². The number of rotatable bonds is 4. The van der Waals surface area contributed by atoms with E-state index in [4.69, 9.17) is 0 Å². The van der Waals surface area contributed by atoms with E-state index in [1.54, 1.807) is 6.08 Å². The number of thiazole rings is 1. The molecular weight excluding hydrogens is 472 g/mol. The van der Waals surface area contributed by atoms with Crippen molar-refractivity contribution in [1.82, 2.24) is 23.3 Å². The summed E-state index contributed by atoms with van der Waals surface area (Å²) in [5, 5.41) is 0. The molecule has 0 spiro atoms. The summed E-state index contributed by atoms with van der Waals surface area (Å²) in [4.78, 5) is 46.3. The van der Waals surface area contributed by atoms with Gasteiger partial charge in [0, 0.05) is 25.1 Å². The van der Waals surface area contributed by atoms with Crippen molar-refractivity contribution in [2.75, 3.05) is 0 Å². The highest BCUT2D eigenvalue weighted by molar-refractivity contribution is 9.10. The maximum Gasteiger partial charge on any atom is 0.332 e. The Labute approximate surface area is 182 Å². The molecule has 30 heavy (non-hydrogen) atoms. The second-order valence-electron chi connectivity index (χ2n) is 6.65. The third-order valence-electron chi connectivity index (χ3n) is 4.70. The summed E-state index contributed by atoms with van der Waals surface area (Å²) < 4.78 is 7.51. The molecule has 0 atom stereocenters. The van der Waals surface area contributed by atoms with Crippen LogP contribution in [0.25, 0.3) is 21.4 Å². The van der Waals surface area contributed by atoms with Gasteiger partial charge in [0.05, 0.1) is 16.5 Å². The zero-order chi connectivity index (χ0) is 21.6. The van der Waals surface area contributed by atoms with Crippen LogP contribution in [0.4, 0.5) is 0 Å². The van der Waals surface area contributed by atoms with Crippen molar-refractivity contribution in [3.05, 3.63) is 67.3 Å². The summed E-state index contributed by atoms with van der Waals surface area (Å²) in [6.45, 7) is 4.11. The van der Waals surface area contributed by atoms with E-state index in [2.05, 4.69) is 32.5 Å². The Morgan fingerprint density at radius 3 is 2.80 bits per heavy atom. The lowest BCUT2D eigenvalue weighted by Gasteiger charge is -2.05. The number of aryl methyl sites for hydroxylation is 1. The van der Waals surface area contributed by atoms with Gasteiger partial charge in [0.2, 0.25) is 0 Å². The molecule has 4 rings (SSSR count). The Morgan fingerprint density at radius 1 is 1.30 bits per heavy atom. The molecule has 0 saturated carbocycles. The van der Waals surface area contributed by atoms with Crippen LogP contribution in [0.1, 0.15) is 0 Å². The number of aromatic nitrogens is 5. The summed E-state index contributed by atoms with van der Waals surface area (Å²) >= 11 is 4.85. The molecule has 3 aromatic heterocycles. The first kappa shape index (κ1) is 20.2. The fourth-order valence-corrected chi connectivity index (χ4v) is 4.85. The van der Waals surface area contributed by atoms with Gasteiger partial charge >= 0.3 is 5.69 Å². The van der Waals surface area contributed by atoms with Crippen LogP contribution in [0.3, 0.4) is 0 Å². The Balaban J connectivity index is 1.80. The first-order chi connectivity index (χ1) is 14.3. The lowest BCUT2D eigenvalue weighted by molar-refractivity contribution is -0.118. The van der Waals surface area contributed by atoms with Crippen LogP contribution >= 0.6 is 27.3 Å². The minimum absolute atomic E-state index is 0.171. The molecule has 4 aromatic rings. The number of fused-ring (bicyclic) bond motifs is 2. The van der Waals surface area contributed by atoms with Gasteiger partial charge < -0.3 is 9.13 Å². The Bertz CT molecular complexity index is 1520. The van der Waals surface area contributed by atoms with Crippen LogP contribution in [0.2, 0.25) is 0 Å². The van der Waals surface area contributed by atoms with E-state index in [0.29, 0.717) is 11.3 Å². The van der Waals surface area contributed by atoms with Gasteiger partial charge in [0.25, 0.3) is 11.5 Å². The van der Waals surface area contributed by atoms with E-state index in [0.717, 1.165) is 19.3 Å². The molecule has 9 nitrogen and oxygen atoms in total. The van der Waals surface area contributed by atoms with Crippen LogP contribution in [0, 0.1) is 0 Å². The second kappa shape index (κ2) is 7.65. The molecule has 0 aliphatic carbocycles. The number of amides is 1. The van der Waals surface area contributed by atoms with E-state index in [1.165, 1.54) is 40.9 Å². The summed E-state index contributed by atoms with van der Waals surface area (Å²) in [7, 11) is 2.92. The monoisotopic (exact) mass is 488 g/mol. The first-order valence-electron chi connectivity index (χ1n) is 8.90. The van der Waals surface area contributed by atoms with Crippen molar-refractivity contribution in [2.24, 2.45) is 19.1 Å². The topological polar surface area (TPSA) is 96.2 Å². The molecule has 0 aliphatic rings. The standard InChI is InChI=1S/C19H17BrN6O3S/c1-4-7-26-12-6-5-11(20)8-13(12)30-18(26)22-14(27)9-25-10-21-16-15(25)17(28)24(3)19(29)23(16)2/h4-6,8,10H,1,7,9H2,2-3H3. The van der Waals surface area contributed by atoms with E-state index in [-0.39, 0.29) is 17.7 Å². The molecular formula is C19H17BrN6O3S. The largest absolute Gasteiger partial charge is 0.332 e. The van der Waals surface area contributed by atoms with Gasteiger partial charge in [-0.15, -0.1) is 6.58 Å². The predicted molar refractivity (Wildman–Crippen MR) is 118 cm³/mol. The lowest BCUT2D eigenvalue weighted by Crippen LogP contribution is -2.37. The first-order valence-corrected chi connectivity index (χ1v) is 10.5. The van der Waals surface area contributed by atoms with Gasteiger partial charge in [0.1, 0.15) is 6.54 Å². The van der Waals surface area contributed by atoms with E-state index >= 15 is 0 Å². The minimum atomic E-state index is -0.508. The van der Waals surface area contributed by atoms with Crippen molar-refractivity contribution in [1.29, 1.82) is 0 Å². The van der Waals surface area contributed by atoms with Crippen molar-refractivity contribution < 1.29 is 4.79 Å². The molecule has 0 N–H and O–H groups in total. The molecule has 0 unspecified atom stereocenters. The van der Waals surface area contributed by atoms with Gasteiger partial charge in [-0.1, -0.05) is 33.3 Å². The van der Waals surface area contributed by atoms with Crippen molar-refractivity contribution in [3.63, 3.8) is 0 Å². The fraction of sp³-hybridized carbons (Fsp3) is 0.211. The maximum absolute atomic E-state index is 12.7. The van der Waals surface area contributed by atoms with Crippen molar-refractivity contribution in [2.45, 2.75) is 13.1 Å². The number of carbonyl (C=O) groups excluding carboxylic acids is 1. The highest BCUT2D eigenvalue weighted by atomic mass is 79.9. The summed E-state index contributed by atoms with van der Waals surface area (Å²) in [6, 6.07) is 5.85. The van der Waals surface area contributed by atoms with Gasteiger partial charge in [-0.2, -0.15) is 4.99 Å². The zero-order valence-corrected chi connectivity index (χ0v) is 18.6. The summed E-state index contributed by atoms with van der Waals surface area (Å²) in [5.74, 6) is -0.436. The summed E-state index contributed by atoms with van der Waals surface area (Å²) in [6.07, 6.45) is 3.12. The highest BCUT2D eigenvalue weighted by Gasteiger charge is 2.16. The van der Waals surface area contributed by atoms with Crippen LogP contribution in [0.5, 0.6) is 0 Å². The van der Waals surface area contributed by atoms with Crippen LogP contribution < -0.4 is 16.1 Å². The van der Waals surface area contributed by atoms with E-state index in [9.17, 15) is 14.4 Å². The molecule has 1 amide bonds. The molecule has 0 aliphatic heterocycles. The maximum atomic E-state index is 12.7. The van der Waals surface area contributed by atoms with E-state index < -0.39 is 17.2 Å². The number of hydrogen-bond acceptors (Lipinski definition) is 5. The number of nitrogens with zero attached hydrogens (tertiary/aromatic N) is 6. The highest BCUT2D eigenvalue weighted by Crippen LogP contribution is 2.22. The number of allylic oxidation sites excluding steroid dienone is 1. The van der Waals surface area contributed by atoms with Gasteiger partial charge in [-0.05, 0) is 18.2 Å². The third kappa shape index (κ3) is 3.29. The molecule has 3 heterocycles. The second-order valence-corrected chi connectivity index (χ2v) is 8.58. The zero-order valence-electron chi connectivity index (χ0n) is 16.2. The number of imidazole rings is 1. The SMILES string of the molecule is C=CCn1c(=NC(=O)Cn2cnc3c2c(=O)n(C)c(=O)n3C)sc2cc(Br)ccc21. The van der Waals surface area contributed by atoms with Crippen LogP contribution in [0.15, 0.2) is 56.2 Å². The van der Waals surface area contributed by atoms with Crippen molar-refractivity contribution >= 4 is 54.6 Å². The average molecular weight is 489 g/mol. The fourth-order valence-electron chi connectivity index (χ4n) is 3.24. The summed E-state index contributed by atoms with van der Waals surface area (Å²) in [5.41, 5.74) is 0.376. The molecule has 0 radical (unpaired) electrons. The Kier molecular flexibility index (Phi) is 5.16. The number of halogens is 1. The van der Waals surface area contributed by atoms with Crippen LogP contribution in [-0.2, 0) is 32.0 Å². The molecule has 154 valence electrons. The third-order valence-corrected chi connectivity index (χ3v) is 6.23. The Hall–Kier alpha value is -3.05. The Morgan fingerprint density at radius 2 is 2.07 bits per heavy atom. The smallest absolute Gasteiger partial charge is 0.315 e. The van der Waals surface area contributed by atoms with E-state index in [1.807, 2.05) is 22.8 Å². The molecule has 0 saturated heterocycles. The number of hydrogen-bond donors (Lipinski definition) is 0. The number of carbonyl (C=O) groups is 1. The quantitative estimate of drug-likeness (QED) is 0.406. The molecule has 0 fully saturated rings. The lowest BCUT2D eigenvalue weighted by atomic mass is 10.3. The minimum Gasteiger partial charge on any atom is -0.315 e.